The third-order valence-electron chi connectivity index (χ3n) is 4.08. The van der Waals surface area contributed by atoms with Crippen LogP contribution in [0.3, 0.4) is 0 Å². The number of aromatic nitrogens is 2. The van der Waals surface area contributed by atoms with E-state index in [9.17, 15) is 4.79 Å². The summed E-state index contributed by atoms with van der Waals surface area (Å²) in [6.45, 7) is 4.26. The van der Waals surface area contributed by atoms with Gasteiger partial charge in [0.05, 0.1) is 12.7 Å². The lowest BCUT2D eigenvalue weighted by atomic mass is 10.0. The first-order valence-corrected chi connectivity index (χ1v) is 8.69. The highest BCUT2D eigenvalue weighted by Crippen LogP contribution is 2.20. The van der Waals surface area contributed by atoms with Gasteiger partial charge >= 0.3 is 0 Å². The molecule has 1 aromatic heterocycles. The fourth-order valence-electron chi connectivity index (χ4n) is 2.49. The number of ether oxygens (including phenoxy) is 1. The van der Waals surface area contributed by atoms with Crippen LogP contribution in [0.1, 0.15) is 35.7 Å². The minimum Gasteiger partial charge on any atom is -0.497 e. The lowest BCUT2D eigenvalue weighted by Crippen LogP contribution is -2.13. The van der Waals surface area contributed by atoms with Crippen molar-refractivity contribution >= 4 is 23.2 Å². The van der Waals surface area contributed by atoms with E-state index in [-0.39, 0.29) is 5.91 Å². The average Bonchev–Trinajstić information content (AvgIpc) is 2.69. The highest BCUT2D eigenvalue weighted by atomic mass is 16.5. The van der Waals surface area contributed by atoms with E-state index in [0.29, 0.717) is 17.4 Å². The van der Waals surface area contributed by atoms with Gasteiger partial charge in [0.15, 0.2) is 0 Å². The van der Waals surface area contributed by atoms with Crippen LogP contribution in [-0.4, -0.2) is 23.0 Å². The predicted octanol–water partition coefficient (Wildman–Crippen LogP) is 4.60. The molecule has 2 aromatic carbocycles. The second kappa shape index (κ2) is 8.31. The maximum atomic E-state index is 12.4. The van der Waals surface area contributed by atoms with Crippen molar-refractivity contribution in [3.63, 3.8) is 0 Å². The summed E-state index contributed by atoms with van der Waals surface area (Å²) in [5, 5.41) is 5.93. The van der Waals surface area contributed by atoms with E-state index in [1.165, 1.54) is 18.0 Å². The Morgan fingerprint density at radius 2 is 1.70 bits per heavy atom. The molecule has 138 valence electrons. The number of nitrogens with zero attached hydrogens (tertiary/aromatic N) is 2. The Balaban J connectivity index is 1.64. The number of carbonyl (C=O) groups excluding carboxylic acids is 1. The van der Waals surface area contributed by atoms with Crippen molar-refractivity contribution in [2.24, 2.45) is 0 Å². The summed E-state index contributed by atoms with van der Waals surface area (Å²) in [7, 11) is 1.61. The number of nitrogens with one attached hydrogen (secondary N) is 2. The average molecular weight is 362 g/mol. The lowest BCUT2D eigenvalue weighted by molar-refractivity contribution is 0.102. The van der Waals surface area contributed by atoms with Gasteiger partial charge in [-0.3, -0.25) is 4.79 Å². The number of benzene rings is 2. The van der Waals surface area contributed by atoms with E-state index < -0.39 is 0 Å². The smallest absolute Gasteiger partial charge is 0.258 e. The molecule has 3 rings (SSSR count). The molecule has 6 heteroatoms. The van der Waals surface area contributed by atoms with E-state index in [1.807, 2.05) is 48.5 Å². The molecular formula is C21H22N4O2. The van der Waals surface area contributed by atoms with Crippen LogP contribution in [0.2, 0.25) is 0 Å². The van der Waals surface area contributed by atoms with E-state index >= 15 is 0 Å². The Morgan fingerprint density at radius 3 is 2.33 bits per heavy atom. The van der Waals surface area contributed by atoms with E-state index in [0.717, 1.165) is 17.1 Å². The SMILES string of the molecule is COc1cccc(Nc2ncc(C(=O)Nc3ccc(C(C)C)cc3)cn2)c1. The van der Waals surface area contributed by atoms with Crippen molar-refractivity contribution in [3.05, 3.63) is 72.1 Å². The second-order valence-electron chi connectivity index (χ2n) is 6.38. The third kappa shape index (κ3) is 4.82. The molecule has 0 saturated carbocycles. The molecular weight excluding hydrogens is 340 g/mol. The lowest BCUT2D eigenvalue weighted by Gasteiger charge is -2.09. The number of hydrogen-bond acceptors (Lipinski definition) is 5. The number of hydrogen-bond donors (Lipinski definition) is 2. The highest BCUT2D eigenvalue weighted by Gasteiger charge is 2.09. The minimum atomic E-state index is -0.250. The van der Waals surface area contributed by atoms with Gasteiger partial charge in [-0.05, 0) is 35.7 Å². The molecule has 0 atom stereocenters. The number of carbonyl (C=O) groups is 1. The third-order valence-corrected chi connectivity index (χ3v) is 4.08. The maximum absolute atomic E-state index is 12.4. The zero-order valence-corrected chi connectivity index (χ0v) is 15.6. The van der Waals surface area contributed by atoms with Gasteiger partial charge in [-0.2, -0.15) is 0 Å². The maximum Gasteiger partial charge on any atom is 0.258 e. The first kappa shape index (κ1) is 18.4. The monoisotopic (exact) mass is 362 g/mol. The van der Waals surface area contributed by atoms with Crippen LogP contribution < -0.4 is 15.4 Å². The fraction of sp³-hybridized carbons (Fsp3) is 0.190. The molecule has 6 nitrogen and oxygen atoms in total. The molecule has 0 unspecified atom stereocenters. The molecule has 1 amide bonds. The summed E-state index contributed by atoms with van der Waals surface area (Å²) in [6, 6.07) is 15.3. The highest BCUT2D eigenvalue weighted by molar-refractivity contribution is 6.03. The standard InChI is InChI=1S/C21H22N4O2/c1-14(2)15-7-9-17(10-8-15)24-20(26)16-12-22-21(23-13-16)25-18-5-4-6-19(11-18)27-3/h4-14H,1-3H3,(H,24,26)(H,22,23,25). The van der Waals surface area contributed by atoms with E-state index in [2.05, 4.69) is 34.4 Å². The van der Waals surface area contributed by atoms with Crippen molar-refractivity contribution in [2.75, 3.05) is 17.7 Å². The molecule has 0 aliphatic carbocycles. The summed E-state index contributed by atoms with van der Waals surface area (Å²) < 4.78 is 5.19. The molecule has 0 fully saturated rings. The predicted molar refractivity (Wildman–Crippen MR) is 107 cm³/mol. The Kier molecular flexibility index (Phi) is 5.66. The van der Waals surface area contributed by atoms with Crippen molar-refractivity contribution in [2.45, 2.75) is 19.8 Å². The Bertz CT molecular complexity index is 906. The van der Waals surface area contributed by atoms with Crippen LogP contribution in [-0.2, 0) is 0 Å². The molecule has 0 bridgehead atoms. The topological polar surface area (TPSA) is 76.1 Å². The van der Waals surface area contributed by atoms with E-state index in [1.54, 1.807) is 7.11 Å². The van der Waals surface area contributed by atoms with Crippen molar-refractivity contribution < 1.29 is 9.53 Å². The number of methoxy groups -OCH3 is 1. The summed E-state index contributed by atoms with van der Waals surface area (Å²) >= 11 is 0. The van der Waals surface area contributed by atoms with E-state index in [4.69, 9.17) is 4.74 Å². The number of rotatable bonds is 6. The number of amides is 1. The van der Waals surface area contributed by atoms with Gasteiger partial charge in [0, 0.05) is 29.8 Å². The van der Waals surface area contributed by atoms with Gasteiger partial charge in [0.1, 0.15) is 5.75 Å². The Morgan fingerprint density at radius 1 is 1.00 bits per heavy atom. The molecule has 1 heterocycles. The van der Waals surface area contributed by atoms with Crippen LogP contribution in [0.15, 0.2) is 60.9 Å². The van der Waals surface area contributed by atoms with Crippen LogP contribution in [0.25, 0.3) is 0 Å². The van der Waals surface area contributed by atoms with Crippen LogP contribution in [0.5, 0.6) is 5.75 Å². The molecule has 0 aliphatic heterocycles. The molecule has 0 aliphatic rings. The Labute approximate surface area is 158 Å². The molecule has 0 saturated heterocycles. The minimum absolute atomic E-state index is 0.250. The van der Waals surface area contributed by atoms with Crippen molar-refractivity contribution in [1.29, 1.82) is 0 Å². The van der Waals surface area contributed by atoms with Crippen LogP contribution in [0.4, 0.5) is 17.3 Å². The summed E-state index contributed by atoms with van der Waals surface area (Å²) in [5.41, 5.74) is 3.16. The van der Waals surface area contributed by atoms with Gasteiger partial charge < -0.3 is 15.4 Å². The van der Waals surface area contributed by atoms with Gasteiger partial charge in [-0.1, -0.05) is 32.0 Å². The first-order chi connectivity index (χ1) is 13.0. The molecule has 0 spiro atoms. The quantitative estimate of drug-likeness (QED) is 0.670. The zero-order valence-electron chi connectivity index (χ0n) is 15.6. The molecule has 27 heavy (non-hydrogen) atoms. The largest absolute Gasteiger partial charge is 0.497 e. The second-order valence-corrected chi connectivity index (χ2v) is 6.38. The molecule has 0 radical (unpaired) electrons. The molecule has 3 aromatic rings. The van der Waals surface area contributed by atoms with Crippen LogP contribution in [0, 0.1) is 0 Å². The normalized spacial score (nSPS) is 10.5. The first-order valence-electron chi connectivity index (χ1n) is 8.69. The van der Waals surface area contributed by atoms with Crippen molar-refractivity contribution in [3.8, 4) is 5.75 Å². The molecule has 2 N–H and O–H groups in total. The summed E-state index contributed by atoms with van der Waals surface area (Å²) in [4.78, 5) is 20.8. The van der Waals surface area contributed by atoms with Crippen LogP contribution >= 0.6 is 0 Å². The van der Waals surface area contributed by atoms with Crippen molar-refractivity contribution in [1.82, 2.24) is 9.97 Å². The van der Waals surface area contributed by atoms with Gasteiger partial charge in [0.2, 0.25) is 5.95 Å². The fourth-order valence-corrected chi connectivity index (χ4v) is 2.49. The number of anilines is 3. The summed E-state index contributed by atoms with van der Waals surface area (Å²) in [6.07, 6.45) is 2.99. The summed E-state index contributed by atoms with van der Waals surface area (Å²) in [5.74, 6) is 1.34. The van der Waals surface area contributed by atoms with Gasteiger partial charge in [-0.25, -0.2) is 9.97 Å². The van der Waals surface area contributed by atoms with Gasteiger partial charge in [0.25, 0.3) is 5.91 Å². The zero-order chi connectivity index (χ0) is 19.2. The van der Waals surface area contributed by atoms with Gasteiger partial charge in [-0.15, -0.1) is 0 Å². The Hall–Kier alpha value is -3.41.